The van der Waals surface area contributed by atoms with Crippen LogP contribution in [0.5, 0.6) is 0 Å². The minimum atomic E-state index is -0.152. The van der Waals surface area contributed by atoms with Crippen LogP contribution in [0, 0.1) is 0 Å². The van der Waals surface area contributed by atoms with Gasteiger partial charge in [0, 0.05) is 17.8 Å². The molecule has 21 heavy (non-hydrogen) atoms. The third-order valence-electron chi connectivity index (χ3n) is 3.72. The van der Waals surface area contributed by atoms with Crippen LogP contribution in [0.15, 0.2) is 24.3 Å². The highest BCUT2D eigenvalue weighted by atomic mass is 16.2. The number of nitrogens with two attached hydrogens (primary N) is 1. The third kappa shape index (κ3) is 6.17. The molecule has 1 aromatic carbocycles. The first-order valence-corrected chi connectivity index (χ1v) is 7.74. The smallest absolute Gasteiger partial charge is 0.234 e. The highest BCUT2D eigenvalue weighted by molar-refractivity contribution is 5.78. The Morgan fingerprint density at radius 3 is 2.52 bits per heavy atom. The minimum absolute atomic E-state index is 0.0739. The Morgan fingerprint density at radius 2 is 1.95 bits per heavy atom. The van der Waals surface area contributed by atoms with Crippen molar-refractivity contribution in [3.05, 3.63) is 29.8 Å². The third-order valence-corrected chi connectivity index (χ3v) is 3.72. The first-order valence-electron chi connectivity index (χ1n) is 7.74. The molecule has 0 aromatic heterocycles. The summed E-state index contributed by atoms with van der Waals surface area (Å²) in [5.41, 5.74) is 7.70. The minimum Gasteiger partial charge on any atom is -0.398 e. The lowest BCUT2D eigenvalue weighted by Crippen LogP contribution is -2.47. The van der Waals surface area contributed by atoms with E-state index in [0.717, 1.165) is 30.6 Å². The fraction of sp³-hybridized carbons (Fsp3) is 0.588. The van der Waals surface area contributed by atoms with E-state index in [2.05, 4.69) is 24.1 Å². The van der Waals surface area contributed by atoms with Gasteiger partial charge < -0.3 is 11.1 Å². The molecule has 0 aliphatic heterocycles. The fourth-order valence-electron chi connectivity index (χ4n) is 2.16. The van der Waals surface area contributed by atoms with Crippen molar-refractivity contribution in [2.45, 2.75) is 52.6 Å². The van der Waals surface area contributed by atoms with E-state index in [1.54, 1.807) is 0 Å². The second-order valence-corrected chi connectivity index (χ2v) is 6.20. The quantitative estimate of drug-likeness (QED) is 0.724. The van der Waals surface area contributed by atoms with Crippen molar-refractivity contribution in [3.8, 4) is 0 Å². The molecule has 1 rings (SSSR count). The number of carbonyl (C=O) groups excluding carboxylic acids is 1. The molecule has 0 atom stereocenters. The highest BCUT2D eigenvalue weighted by Crippen LogP contribution is 2.14. The summed E-state index contributed by atoms with van der Waals surface area (Å²) in [5, 5.41) is 3.08. The van der Waals surface area contributed by atoms with Gasteiger partial charge in [-0.2, -0.15) is 0 Å². The second-order valence-electron chi connectivity index (χ2n) is 6.20. The van der Waals surface area contributed by atoms with Crippen LogP contribution in [0.3, 0.4) is 0 Å². The Labute approximate surface area is 128 Å². The van der Waals surface area contributed by atoms with E-state index in [9.17, 15) is 4.79 Å². The number of amides is 1. The largest absolute Gasteiger partial charge is 0.398 e. The molecule has 0 unspecified atom stereocenters. The van der Waals surface area contributed by atoms with Gasteiger partial charge in [0.05, 0.1) is 6.54 Å². The monoisotopic (exact) mass is 291 g/mol. The van der Waals surface area contributed by atoms with E-state index in [4.69, 9.17) is 5.73 Å². The molecule has 3 N–H and O–H groups in total. The first-order chi connectivity index (χ1) is 9.88. The van der Waals surface area contributed by atoms with Gasteiger partial charge >= 0.3 is 0 Å². The number of rotatable bonds is 8. The van der Waals surface area contributed by atoms with Gasteiger partial charge in [-0.25, -0.2) is 0 Å². The van der Waals surface area contributed by atoms with E-state index in [-0.39, 0.29) is 11.4 Å². The standard InChI is InChI=1S/C17H29N3O/c1-5-11-20(12-14-9-7-8-10-15(14)18)13-16(21)19-17(3,4)6-2/h7-10H,5-6,11-13,18H2,1-4H3,(H,19,21). The van der Waals surface area contributed by atoms with Crippen molar-refractivity contribution in [1.29, 1.82) is 0 Å². The zero-order valence-corrected chi connectivity index (χ0v) is 13.8. The highest BCUT2D eigenvalue weighted by Gasteiger charge is 2.19. The van der Waals surface area contributed by atoms with Gasteiger partial charge in [0.1, 0.15) is 0 Å². The molecule has 0 saturated carbocycles. The van der Waals surface area contributed by atoms with Gasteiger partial charge in [0.2, 0.25) is 5.91 Å². The van der Waals surface area contributed by atoms with Crippen molar-refractivity contribution in [3.63, 3.8) is 0 Å². The molecular formula is C17H29N3O. The average molecular weight is 291 g/mol. The van der Waals surface area contributed by atoms with Crippen LogP contribution in [-0.4, -0.2) is 29.4 Å². The molecule has 0 spiro atoms. The second kappa shape index (κ2) is 8.03. The number of nitrogens with one attached hydrogen (secondary N) is 1. The number of hydrogen-bond donors (Lipinski definition) is 2. The van der Waals surface area contributed by atoms with Crippen LogP contribution < -0.4 is 11.1 Å². The summed E-state index contributed by atoms with van der Waals surface area (Å²) in [5.74, 6) is 0.0739. The molecule has 0 aliphatic rings. The van der Waals surface area contributed by atoms with Crippen LogP contribution >= 0.6 is 0 Å². The Balaban J connectivity index is 2.66. The van der Waals surface area contributed by atoms with Crippen LogP contribution in [0.4, 0.5) is 5.69 Å². The molecule has 1 aromatic rings. The molecule has 0 saturated heterocycles. The average Bonchev–Trinajstić information content (AvgIpc) is 2.41. The van der Waals surface area contributed by atoms with Crippen LogP contribution in [0.2, 0.25) is 0 Å². The number of nitrogen functional groups attached to an aromatic ring is 1. The van der Waals surface area contributed by atoms with Crippen LogP contribution in [-0.2, 0) is 11.3 Å². The Morgan fingerprint density at radius 1 is 1.29 bits per heavy atom. The zero-order chi connectivity index (χ0) is 15.9. The number of anilines is 1. The lowest BCUT2D eigenvalue weighted by atomic mass is 10.0. The van der Waals surface area contributed by atoms with Crippen LogP contribution in [0.25, 0.3) is 0 Å². The molecule has 0 heterocycles. The van der Waals surface area contributed by atoms with Crippen molar-refractivity contribution >= 4 is 11.6 Å². The van der Waals surface area contributed by atoms with Gasteiger partial charge in [0.15, 0.2) is 0 Å². The van der Waals surface area contributed by atoms with Crippen molar-refractivity contribution in [2.75, 3.05) is 18.8 Å². The molecule has 1 amide bonds. The first kappa shape index (κ1) is 17.5. The fourth-order valence-corrected chi connectivity index (χ4v) is 2.16. The molecule has 0 aliphatic carbocycles. The maximum absolute atomic E-state index is 12.2. The van der Waals surface area contributed by atoms with Gasteiger partial charge in [-0.1, -0.05) is 32.0 Å². The van der Waals surface area contributed by atoms with E-state index < -0.39 is 0 Å². The zero-order valence-electron chi connectivity index (χ0n) is 13.8. The van der Waals surface area contributed by atoms with Crippen molar-refractivity contribution < 1.29 is 4.79 Å². The number of hydrogen-bond acceptors (Lipinski definition) is 3. The topological polar surface area (TPSA) is 58.4 Å². The molecule has 0 bridgehead atoms. The molecule has 4 heteroatoms. The van der Waals surface area contributed by atoms with E-state index in [0.29, 0.717) is 13.1 Å². The van der Waals surface area contributed by atoms with Gasteiger partial charge in [-0.3, -0.25) is 9.69 Å². The normalized spacial score (nSPS) is 11.7. The maximum atomic E-state index is 12.2. The van der Waals surface area contributed by atoms with E-state index >= 15 is 0 Å². The predicted octanol–water partition coefficient (Wildman–Crippen LogP) is 2.79. The Hall–Kier alpha value is -1.55. The molecule has 0 radical (unpaired) electrons. The number of carbonyl (C=O) groups is 1. The number of nitrogens with zero attached hydrogens (tertiary/aromatic N) is 1. The van der Waals surface area contributed by atoms with E-state index in [1.807, 2.05) is 38.1 Å². The van der Waals surface area contributed by atoms with Gasteiger partial charge in [-0.15, -0.1) is 0 Å². The summed E-state index contributed by atoms with van der Waals surface area (Å²) < 4.78 is 0. The summed E-state index contributed by atoms with van der Waals surface area (Å²) in [6.07, 6.45) is 1.93. The number of benzene rings is 1. The summed E-state index contributed by atoms with van der Waals surface area (Å²) in [7, 11) is 0. The van der Waals surface area contributed by atoms with Crippen molar-refractivity contribution in [2.24, 2.45) is 0 Å². The SMILES string of the molecule is CCCN(CC(=O)NC(C)(C)CC)Cc1ccccc1N. The van der Waals surface area contributed by atoms with Gasteiger partial charge in [0.25, 0.3) is 0 Å². The molecule has 4 nitrogen and oxygen atoms in total. The van der Waals surface area contributed by atoms with Crippen LogP contribution in [0.1, 0.15) is 46.1 Å². The summed E-state index contributed by atoms with van der Waals surface area (Å²) in [6.45, 7) is 10.3. The Bertz CT molecular complexity index is 457. The summed E-state index contributed by atoms with van der Waals surface area (Å²) in [4.78, 5) is 14.3. The summed E-state index contributed by atoms with van der Waals surface area (Å²) >= 11 is 0. The Kier molecular flexibility index (Phi) is 6.69. The predicted molar refractivity (Wildman–Crippen MR) is 88.9 cm³/mol. The maximum Gasteiger partial charge on any atom is 0.234 e. The van der Waals surface area contributed by atoms with Crippen molar-refractivity contribution in [1.82, 2.24) is 10.2 Å². The number of para-hydroxylation sites is 1. The summed E-state index contributed by atoms with van der Waals surface area (Å²) in [6, 6.07) is 7.83. The van der Waals surface area contributed by atoms with Gasteiger partial charge in [-0.05, 0) is 44.9 Å². The van der Waals surface area contributed by atoms with E-state index in [1.165, 1.54) is 0 Å². The lowest BCUT2D eigenvalue weighted by Gasteiger charge is -2.27. The lowest BCUT2D eigenvalue weighted by molar-refractivity contribution is -0.124. The molecule has 118 valence electrons. The molecule has 0 fully saturated rings. The molecular weight excluding hydrogens is 262 g/mol.